The quantitative estimate of drug-likeness (QED) is 0.840. The first-order chi connectivity index (χ1) is 8.69. The normalized spacial score (nSPS) is 17.3. The van der Waals surface area contributed by atoms with Gasteiger partial charge in [-0.05, 0) is 43.2 Å². The van der Waals surface area contributed by atoms with Crippen LogP contribution in [0.4, 0.5) is 5.82 Å². The van der Waals surface area contributed by atoms with E-state index < -0.39 is 0 Å². The zero-order valence-corrected chi connectivity index (χ0v) is 11.6. The van der Waals surface area contributed by atoms with Crippen LogP contribution in [-0.2, 0) is 6.42 Å². The van der Waals surface area contributed by atoms with Crippen LogP contribution < -0.4 is 10.6 Å². The largest absolute Gasteiger partial charge is 0.359 e. The molecule has 0 spiro atoms. The molecule has 1 aromatic rings. The standard InChI is InChI=1S/C15H25N3/c1-3-14(16)9-13-7-8-15(17-10-13)18(2)11-12-5-4-6-12/h7-8,10,12,14H,3-6,9,11,16H2,1-2H3. The molecule has 0 radical (unpaired) electrons. The summed E-state index contributed by atoms with van der Waals surface area (Å²) in [4.78, 5) is 6.82. The first-order valence-electron chi connectivity index (χ1n) is 7.10. The molecule has 0 saturated heterocycles. The second-order valence-corrected chi connectivity index (χ2v) is 5.57. The molecule has 2 N–H and O–H groups in total. The van der Waals surface area contributed by atoms with Crippen molar-refractivity contribution in [3.8, 4) is 0 Å². The van der Waals surface area contributed by atoms with Gasteiger partial charge in [0, 0.05) is 25.8 Å². The van der Waals surface area contributed by atoms with Gasteiger partial charge in [0.1, 0.15) is 5.82 Å². The molecule has 3 nitrogen and oxygen atoms in total. The molecule has 1 saturated carbocycles. The van der Waals surface area contributed by atoms with Crippen molar-refractivity contribution in [2.24, 2.45) is 11.7 Å². The molecule has 1 fully saturated rings. The van der Waals surface area contributed by atoms with Crippen LogP contribution in [0.3, 0.4) is 0 Å². The van der Waals surface area contributed by atoms with Crippen LogP contribution in [0.1, 0.15) is 38.2 Å². The zero-order chi connectivity index (χ0) is 13.0. The Bertz CT molecular complexity index is 357. The second-order valence-electron chi connectivity index (χ2n) is 5.57. The lowest BCUT2D eigenvalue weighted by molar-refractivity contribution is 0.321. The zero-order valence-electron chi connectivity index (χ0n) is 11.6. The Balaban J connectivity index is 1.89. The third kappa shape index (κ3) is 3.45. The van der Waals surface area contributed by atoms with Crippen LogP contribution >= 0.6 is 0 Å². The highest BCUT2D eigenvalue weighted by Crippen LogP contribution is 2.27. The fraction of sp³-hybridized carbons (Fsp3) is 0.667. The minimum Gasteiger partial charge on any atom is -0.359 e. The number of hydrogen-bond acceptors (Lipinski definition) is 3. The molecule has 3 heteroatoms. The monoisotopic (exact) mass is 247 g/mol. The number of aromatic nitrogens is 1. The summed E-state index contributed by atoms with van der Waals surface area (Å²) >= 11 is 0. The van der Waals surface area contributed by atoms with Gasteiger partial charge in [0.15, 0.2) is 0 Å². The molecule has 1 unspecified atom stereocenters. The summed E-state index contributed by atoms with van der Waals surface area (Å²) in [6, 6.07) is 4.54. The van der Waals surface area contributed by atoms with Crippen LogP contribution in [0.2, 0.25) is 0 Å². The summed E-state index contributed by atoms with van der Waals surface area (Å²) in [5.74, 6) is 1.96. The number of anilines is 1. The molecule has 1 heterocycles. The summed E-state index contributed by atoms with van der Waals surface area (Å²) in [7, 11) is 2.14. The predicted molar refractivity (Wildman–Crippen MR) is 76.8 cm³/mol. The van der Waals surface area contributed by atoms with Gasteiger partial charge in [-0.25, -0.2) is 4.98 Å². The van der Waals surface area contributed by atoms with E-state index in [0.29, 0.717) is 0 Å². The predicted octanol–water partition coefficient (Wildman–Crippen LogP) is 2.60. The number of rotatable bonds is 6. The molecule has 1 aliphatic rings. The van der Waals surface area contributed by atoms with Crippen LogP contribution in [0.15, 0.2) is 18.3 Å². The highest BCUT2D eigenvalue weighted by atomic mass is 15.2. The van der Waals surface area contributed by atoms with E-state index in [1.165, 1.54) is 24.8 Å². The highest BCUT2D eigenvalue weighted by molar-refractivity contribution is 5.38. The molecule has 0 aliphatic heterocycles. The molecular weight excluding hydrogens is 222 g/mol. The van der Waals surface area contributed by atoms with Crippen LogP contribution in [-0.4, -0.2) is 24.6 Å². The third-order valence-electron chi connectivity index (χ3n) is 3.98. The molecule has 18 heavy (non-hydrogen) atoms. The fourth-order valence-corrected chi connectivity index (χ4v) is 2.37. The Hall–Kier alpha value is -1.09. The first kappa shape index (κ1) is 13.3. The van der Waals surface area contributed by atoms with Gasteiger partial charge in [0.05, 0.1) is 0 Å². The van der Waals surface area contributed by atoms with E-state index in [2.05, 4.69) is 36.0 Å². The summed E-state index contributed by atoms with van der Waals surface area (Å²) in [5.41, 5.74) is 7.20. The first-order valence-corrected chi connectivity index (χ1v) is 7.10. The lowest BCUT2D eigenvalue weighted by atomic mass is 9.85. The van der Waals surface area contributed by atoms with Crippen LogP contribution in [0, 0.1) is 5.92 Å². The Morgan fingerprint density at radius 2 is 2.22 bits per heavy atom. The highest BCUT2D eigenvalue weighted by Gasteiger charge is 2.19. The van der Waals surface area contributed by atoms with E-state index in [0.717, 1.165) is 31.1 Å². The number of nitrogens with two attached hydrogens (primary N) is 1. The molecular formula is C15H25N3. The maximum Gasteiger partial charge on any atom is 0.128 e. The van der Waals surface area contributed by atoms with Gasteiger partial charge in [-0.3, -0.25) is 0 Å². The Morgan fingerprint density at radius 1 is 1.44 bits per heavy atom. The molecule has 1 aliphatic carbocycles. The maximum absolute atomic E-state index is 5.96. The van der Waals surface area contributed by atoms with Crippen molar-refractivity contribution in [1.29, 1.82) is 0 Å². The van der Waals surface area contributed by atoms with Gasteiger partial charge < -0.3 is 10.6 Å². The average Bonchev–Trinajstić information content (AvgIpc) is 2.34. The molecule has 0 amide bonds. The fourth-order valence-electron chi connectivity index (χ4n) is 2.37. The van der Waals surface area contributed by atoms with Crippen molar-refractivity contribution < 1.29 is 0 Å². The third-order valence-corrected chi connectivity index (χ3v) is 3.98. The van der Waals surface area contributed by atoms with Crippen LogP contribution in [0.25, 0.3) is 0 Å². The summed E-state index contributed by atoms with van der Waals surface area (Å²) in [6.45, 7) is 3.26. The summed E-state index contributed by atoms with van der Waals surface area (Å²) in [6.07, 6.45) is 8.09. The van der Waals surface area contributed by atoms with Crippen molar-refractivity contribution >= 4 is 5.82 Å². The molecule has 1 atom stereocenters. The molecule has 100 valence electrons. The van der Waals surface area contributed by atoms with Gasteiger partial charge >= 0.3 is 0 Å². The van der Waals surface area contributed by atoms with Crippen molar-refractivity contribution in [3.63, 3.8) is 0 Å². The van der Waals surface area contributed by atoms with Gasteiger partial charge in [0.2, 0.25) is 0 Å². The van der Waals surface area contributed by atoms with Gasteiger partial charge in [-0.2, -0.15) is 0 Å². The van der Waals surface area contributed by atoms with Crippen molar-refractivity contribution in [1.82, 2.24) is 4.98 Å². The lowest BCUT2D eigenvalue weighted by Gasteiger charge is -2.30. The molecule has 1 aromatic heterocycles. The van der Waals surface area contributed by atoms with E-state index in [-0.39, 0.29) is 6.04 Å². The second kappa shape index (κ2) is 6.19. The van der Waals surface area contributed by atoms with Gasteiger partial charge in [0.25, 0.3) is 0 Å². The van der Waals surface area contributed by atoms with E-state index in [1.807, 2.05) is 6.20 Å². The van der Waals surface area contributed by atoms with Gasteiger partial charge in [-0.1, -0.05) is 19.4 Å². The number of pyridine rings is 1. The summed E-state index contributed by atoms with van der Waals surface area (Å²) < 4.78 is 0. The van der Waals surface area contributed by atoms with Gasteiger partial charge in [-0.15, -0.1) is 0 Å². The molecule has 0 bridgehead atoms. The SMILES string of the molecule is CCC(N)Cc1ccc(N(C)CC2CCC2)nc1. The number of hydrogen-bond donors (Lipinski definition) is 1. The topological polar surface area (TPSA) is 42.1 Å². The number of nitrogens with zero attached hydrogens (tertiary/aromatic N) is 2. The smallest absolute Gasteiger partial charge is 0.128 e. The maximum atomic E-state index is 5.96. The lowest BCUT2D eigenvalue weighted by Crippen LogP contribution is -2.29. The Morgan fingerprint density at radius 3 is 2.72 bits per heavy atom. The Kier molecular flexibility index (Phi) is 4.59. The van der Waals surface area contributed by atoms with Crippen molar-refractivity contribution in [2.45, 2.75) is 45.1 Å². The average molecular weight is 247 g/mol. The van der Waals surface area contributed by atoms with E-state index in [9.17, 15) is 0 Å². The van der Waals surface area contributed by atoms with E-state index >= 15 is 0 Å². The Labute approximate surface area is 110 Å². The molecule has 2 rings (SSSR count). The van der Waals surface area contributed by atoms with Crippen molar-refractivity contribution in [3.05, 3.63) is 23.9 Å². The molecule has 0 aromatic carbocycles. The van der Waals surface area contributed by atoms with Crippen molar-refractivity contribution in [2.75, 3.05) is 18.5 Å². The minimum absolute atomic E-state index is 0.255. The minimum atomic E-state index is 0.255. The summed E-state index contributed by atoms with van der Waals surface area (Å²) in [5, 5.41) is 0. The van der Waals surface area contributed by atoms with E-state index in [4.69, 9.17) is 5.73 Å². The van der Waals surface area contributed by atoms with E-state index in [1.54, 1.807) is 0 Å². The van der Waals surface area contributed by atoms with Crippen LogP contribution in [0.5, 0.6) is 0 Å².